The lowest BCUT2D eigenvalue weighted by atomic mass is 10.3. The van der Waals surface area contributed by atoms with Crippen LogP contribution >= 0.6 is 0 Å². The molecule has 0 saturated carbocycles. The maximum Gasteiger partial charge on any atom is 0.387 e. The highest BCUT2D eigenvalue weighted by Gasteiger charge is 2.04. The van der Waals surface area contributed by atoms with Crippen LogP contribution in [0.3, 0.4) is 0 Å². The number of alkyl halides is 2. The molecule has 0 fully saturated rings. The van der Waals surface area contributed by atoms with Gasteiger partial charge in [0, 0.05) is 4.90 Å². The van der Waals surface area contributed by atoms with Gasteiger partial charge in [0.25, 0.3) is 0 Å². The first-order valence-corrected chi connectivity index (χ1v) is 4.31. The first-order chi connectivity index (χ1) is 6.09. The van der Waals surface area contributed by atoms with Gasteiger partial charge in [0.15, 0.2) is 0 Å². The molecule has 0 bridgehead atoms. The SMILES string of the molecule is O=S([O-])c1cccc(OC(F)F)c1. The summed E-state index contributed by atoms with van der Waals surface area (Å²) in [4.78, 5) is -0.0850. The van der Waals surface area contributed by atoms with E-state index in [9.17, 15) is 17.5 Å². The summed E-state index contributed by atoms with van der Waals surface area (Å²) in [5.74, 6) is -0.170. The van der Waals surface area contributed by atoms with Crippen LogP contribution in [0, 0.1) is 0 Å². The van der Waals surface area contributed by atoms with E-state index in [-0.39, 0.29) is 10.6 Å². The summed E-state index contributed by atoms with van der Waals surface area (Å²) in [6, 6.07) is 4.88. The molecule has 0 aliphatic carbocycles. The first kappa shape index (κ1) is 10.1. The molecule has 0 aliphatic heterocycles. The van der Waals surface area contributed by atoms with E-state index in [4.69, 9.17) is 0 Å². The van der Waals surface area contributed by atoms with E-state index in [0.29, 0.717) is 0 Å². The van der Waals surface area contributed by atoms with Gasteiger partial charge in [0.05, 0.1) is 0 Å². The molecule has 1 rings (SSSR count). The van der Waals surface area contributed by atoms with Crippen molar-refractivity contribution in [1.29, 1.82) is 0 Å². The smallest absolute Gasteiger partial charge is 0.387 e. The second kappa shape index (κ2) is 4.29. The summed E-state index contributed by atoms with van der Waals surface area (Å²) in [5, 5.41) is 0. The van der Waals surface area contributed by atoms with Crippen LogP contribution in [0.4, 0.5) is 8.78 Å². The third-order valence-corrected chi connectivity index (χ3v) is 1.86. The van der Waals surface area contributed by atoms with Crippen molar-refractivity contribution in [3.05, 3.63) is 24.3 Å². The molecule has 0 saturated heterocycles. The lowest BCUT2D eigenvalue weighted by molar-refractivity contribution is -0.0499. The van der Waals surface area contributed by atoms with E-state index in [0.717, 1.165) is 6.07 Å². The molecule has 0 N–H and O–H groups in total. The Kier molecular flexibility index (Phi) is 3.32. The van der Waals surface area contributed by atoms with E-state index in [1.54, 1.807) is 0 Å². The molecule has 6 heteroatoms. The Balaban J connectivity index is 2.85. The number of rotatable bonds is 3. The molecule has 3 nitrogen and oxygen atoms in total. The standard InChI is InChI=1S/C7H6F2O3S/c8-7(9)12-5-2-1-3-6(4-5)13(10)11/h1-4,7H,(H,10,11)/p-1. The van der Waals surface area contributed by atoms with Crippen molar-refractivity contribution in [3.8, 4) is 5.75 Å². The topological polar surface area (TPSA) is 49.4 Å². The highest BCUT2D eigenvalue weighted by molar-refractivity contribution is 7.79. The predicted molar refractivity (Wildman–Crippen MR) is 40.3 cm³/mol. The summed E-state index contributed by atoms with van der Waals surface area (Å²) in [7, 11) is 0. The van der Waals surface area contributed by atoms with E-state index < -0.39 is 17.7 Å². The lowest BCUT2D eigenvalue weighted by Gasteiger charge is -2.08. The molecule has 0 aromatic heterocycles. The number of hydrogen-bond donors (Lipinski definition) is 0. The third kappa shape index (κ3) is 3.08. The minimum absolute atomic E-state index is 0.0850. The van der Waals surface area contributed by atoms with Crippen molar-refractivity contribution in [2.45, 2.75) is 11.5 Å². The summed E-state index contributed by atoms with van der Waals surface area (Å²) in [6.45, 7) is -2.95. The molecule has 1 aromatic carbocycles. The maximum absolute atomic E-state index is 11.7. The number of benzene rings is 1. The van der Waals surface area contributed by atoms with Gasteiger partial charge < -0.3 is 9.29 Å². The predicted octanol–water partition coefficient (Wildman–Crippen LogP) is 1.53. The van der Waals surface area contributed by atoms with Crippen LogP contribution in [0.1, 0.15) is 0 Å². The second-order valence-electron chi connectivity index (χ2n) is 2.09. The van der Waals surface area contributed by atoms with Gasteiger partial charge in [-0.1, -0.05) is 6.07 Å². The maximum atomic E-state index is 11.7. The van der Waals surface area contributed by atoms with Crippen LogP contribution in [0.2, 0.25) is 0 Å². The van der Waals surface area contributed by atoms with Crippen molar-refractivity contribution in [3.63, 3.8) is 0 Å². The zero-order valence-electron chi connectivity index (χ0n) is 6.28. The molecule has 1 unspecified atom stereocenters. The van der Waals surface area contributed by atoms with Crippen molar-refractivity contribution in [2.75, 3.05) is 0 Å². The summed E-state index contributed by atoms with van der Waals surface area (Å²) in [6.07, 6.45) is 0. The van der Waals surface area contributed by atoms with Gasteiger partial charge in [-0.25, -0.2) is 0 Å². The molecule has 1 aromatic rings. The Morgan fingerprint density at radius 1 is 1.46 bits per heavy atom. The summed E-state index contributed by atoms with van der Waals surface area (Å²) >= 11 is -2.43. The van der Waals surface area contributed by atoms with Crippen molar-refractivity contribution in [2.24, 2.45) is 0 Å². The normalized spacial score (nSPS) is 12.9. The van der Waals surface area contributed by atoms with Gasteiger partial charge in [0.1, 0.15) is 5.75 Å². The van der Waals surface area contributed by atoms with E-state index in [1.807, 2.05) is 0 Å². The number of hydrogen-bond acceptors (Lipinski definition) is 3. The zero-order chi connectivity index (χ0) is 9.84. The van der Waals surface area contributed by atoms with Gasteiger partial charge in [-0.3, -0.25) is 4.21 Å². The first-order valence-electron chi connectivity index (χ1n) is 3.24. The van der Waals surface area contributed by atoms with Gasteiger partial charge in [-0.05, 0) is 29.3 Å². The molecule has 0 heterocycles. The monoisotopic (exact) mass is 207 g/mol. The molecule has 0 aliphatic rings. The Morgan fingerprint density at radius 3 is 2.69 bits per heavy atom. The molecular formula is C7H5F2O3S-. The highest BCUT2D eigenvalue weighted by atomic mass is 32.2. The van der Waals surface area contributed by atoms with E-state index in [1.165, 1.54) is 18.2 Å². The second-order valence-corrected chi connectivity index (χ2v) is 3.03. The highest BCUT2D eigenvalue weighted by Crippen LogP contribution is 2.17. The van der Waals surface area contributed by atoms with Crippen LogP contribution < -0.4 is 4.74 Å². The van der Waals surface area contributed by atoms with E-state index in [2.05, 4.69) is 4.74 Å². The van der Waals surface area contributed by atoms with Gasteiger partial charge in [0.2, 0.25) is 0 Å². The quantitative estimate of drug-likeness (QED) is 0.706. The minimum Gasteiger partial charge on any atom is -0.768 e. The molecule has 1 atom stereocenters. The molecule has 0 radical (unpaired) electrons. The molecule has 0 spiro atoms. The fraction of sp³-hybridized carbons (Fsp3) is 0.143. The van der Waals surface area contributed by atoms with E-state index >= 15 is 0 Å². The molecular weight excluding hydrogens is 202 g/mol. The van der Waals surface area contributed by atoms with Gasteiger partial charge >= 0.3 is 6.61 Å². The van der Waals surface area contributed by atoms with Crippen molar-refractivity contribution >= 4 is 11.1 Å². The Labute approximate surface area is 75.6 Å². The lowest BCUT2D eigenvalue weighted by Crippen LogP contribution is -2.02. The minimum atomic E-state index is -2.95. The van der Waals surface area contributed by atoms with Crippen LogP contribution in [0.25, 0.3) is 0 Å². The Hall–Kier alpha value is -1.01. The Morgan fingerprint density at radius 2 is 2.15 bits per heavy atom. The van der Waals surface area contributed by atoms with Crippen LogP contribution in [0.15, 0.2) is 29.2 Å². The molecule has 72 valence electrons. The molecule has 13 heavy (non-hydrogen) atoms. The molecule has 0 amide bonds. The van der Waals surface area contributed by atoms with Crippen LogP contribution in [-0.2, 0) is 11.1 Å². The summed E-state index contributed by atoms with van der Waals surface area (Å²) in [5.41, 5.74) is 0. The summed E-state index contributed by atoms with van der Waals surface area (Å²) < 4.78 is 48.1. The fourth-order valence-electron chi connectivity index (χ4n) is 0.754. The van der Waals surface area contributed by atoms with Gasteiger partial charge in [-0.2, -0.15) is 8.78 Å². The zero-order valence-corrected chi connectivity index (χ0v) is 7.09. The Bertz CT molecular complexity index is 316. The van der Waals surface area contributed by atoms with Gasteiger partial charge in [-0.15, -0.1) is 0 Å². The van der Waals surface area contributed by atoms with Crippen LogP contribution in [-0.4, -0.2) is 15.4 Å². The van der Waals surface area contributed by atoms with Crippen LogP contribution in [0.5, 0.6) is 5.75 Å². The number of halogens is 2. The fourth-order valence-corrected chi connectivity index (χ4v) is 1.16. The average Bonchev–Trinajstić information content (AvgIpc) is 2.03. The third-order valence-electron chi connectivity index (χ3n) is 1.22. The van der Waals surface area contributed by atoms with Crippen molar-refractivity contribution < 1.29 is 22.3 Å². The largest absolute Gasteiger partial charge is 0.768 e. The van der Waals surface area contributed by atoms with Crippen molar-refractivity contribution in [1.82, 2.24) is 0 Å². The average molecular weight is 207 g/mol. The number of ether oxygens (including phenoxy) is 1.